The lowest BCUT2D eigenvalue weighted by Gasteiger charge is -2.10. The highest BCUT2D eigenvalue weighted by atomic mass is 16.1. The second kappa shape index (κ2) is 6.07. The summed E-state index contributed by atoms with van der Waals surface area (Å²) in [6.45, 7) is 0.597. The van der Waals surface area contributed by atoms with Crippen molar-refractivity contribution >= 4 is 16.8 Å². The number of amides is 1. The van der Waals surface area contributed by atoms with Crippen molar-refractivity contribution in [2.75, 3.05) is 6.54 Å². The van der Waals surface area contributed by atoms with Crippen molar-refractivity contribution in [1.29, 1.82) is 0 Å². The minimum absolute atomic E-state index is 0.0283. The Balaban J connectivity index is 1.54. The molecular weight excluding hydrogens is 300 g/mol. The first-order valence-corrected chi connectivity index (χ1v) is 8.36. The molecule has 1 aliphatic carbocycles. The first-order chi connectivity index (χ1) is 11.7. The van der Waals surface area contributed by atoms with Crippen LogP contribution in [-0.4, -0.2) is 27.2 Å². The lowest BCUT2D eigenvalue weighted by molar-refractivity contribution is 0.0955. The number of para-hydroxylation sites is 1. The molecule has 24 heavy (non-hydrogen) atoms. The van der Waals surface area contributed by atoms with Gasteiger partial charge in [-0.3, -0.25) is 14.5 Å². The second-order valence-corrected chi connectivity index (χ2v) is 6.41. The smallest absolute Gasteiger partial charge is 0.252 e. The number of benzene rings is 1. The quantitative estimate of drug-likeness (QED) is 0.786. The summed E-state index contributed by atoms with van der Waals surface area (Å²) in [5, 5.41) is 8.10. The molecule has 1 amide bonds. The van der Waals surface area contributed by atoms with Gasteiger partial charge in [0.1, 0.15) is 0 Å². The second-order valence-electron chi connectivity index (χ2n) is 6.41. The Morgan fingerprint density at radius 3 is 2.92 bits per heavy atom. The maximum Gasteiger partial charge on any atom is 0.252 e. The Labute approximate surface area is 140 Å². The largest absolute Gasteiger partial charge is 0.352 e. The van der Waals surface area contributed by atoms with E-state index in [1.54, 1.807) is 4.68 Å². The van der Waals surface area contributed by atoms with Gasteiger partial charge in [-0.25, -0.2) is 0 Å². The number of hydrogen-bond acceptors (Lipinski definition) is 3. The van der Waals surface area contributed by atoms with E-state index in [-0.39, 0.29) is 5.91 Å². The van der Waals surface area contributed by atoms with Crippen molar-refractivity contribution in [2.45, 2.75) is 25.2 Å². The van der Waals surface area contributed by atoms with Crippen LogP contribution in [0.1, 0.15) is 40.4 Å². The fraction of sp³-hybridized carbons (Fsp3) is 0.316. The molecule has 0 atom stereocenters. The Morgan fingerprint density at radius 1 is 1.33 bits per heavy atom. The highest BCUT2D eigenvalue weighted by molar-refractivity contribution is 6.06. The van der Waals surface area contributed by atoms with Crippen molar-refractivity contribution in [1.82, 2.24) is 20.1 Å². The molecule has 2 heterocycles. The highest BCUT2D eigenvalue weighted by Crippen LogP contribution is 2.40. The van der Waals surface area contributed by atoms with E-state index < -0.39 is 0 Å². The molecule has 3 aromatic rings. The molecule has 122 valence electrons. The first kappa shape index (κ1) is 14.9. The van der Waals surface area contributed by atoms with E-state index in [0.29, 0.717) is 12.5 Å². The van der Waals surface area contributed by atoms with Crippen LogP contribution in [0, 0.1) is 0 Å². The molecule has 1 fully saturated rings. The van der Waals surface area contributed by atoms with E-state index in [2.05, 4.69) is 10.4 Å². The van der Waals surface area contributed by atoms with Crippen molar-refractivity contribution < 1.29 is 4.79 Å². The molecule has 2 aromatic heterocycles. The molecular formula is C19H20N4O. The zero-order valence-corrected chi connectivity index (χ0v) is 13.7. The fourth-order valence-corrected chi connectivity index (χ4v) is 2.99. The van der Waals surface area contributed by atoms with Crippen molar-refractivity contribution in [3.8, 4) is 0 Å². The van der Waals surface area contributed by atoms with Crippen molar-refractivity contribution in [3.05, 3.63) is 59.5 Å². The molecule has 0 radical (unpaired) electrons. The van der Waals surface area contributed by atoms with Gasteiger partial charge in [0.15, 0.2) is 0 Å². The fourth-order valence-electron chi connectivity index (χ4n) is 2.99. The summed E-state index contributed by atoms with van der Waals surface area (Å²) in [5.41, 5.74) is 3.80. The van der Waals surface area contributed by atoms with E-state index in [4.69, 9.17) is 4.98 Å². The zero-order valence-electron chi connectivity index (χ0n) is 13.7. The van der Waals surface area contributed by atoms with Crippen molar-refractivity contribution in [2.24, 2.45) is 7.05 Å². The Kier molecular flexibility index (Phi) is 3.76. The standard InChI is InChI=1S/C19H20N4O/c1-23-12-13(11-21-23)8-9-20-19(24)16-10-18(14-6-7-14)22-17-5-3-2-4-15(16)17/h2-5,10-12,14H,6-9H2,1H3,(H,20,24). The van der Waals surface area contributed by atoms with Gasteiger partial charge in [0, 0.05) is 36.8 Å². The molecule has 1 saturated carbocycles. The number of nitrogens with zero attached hydrogens (tertiary/aromatic N) is 3. The molecule has 5 heteroatoms. The molecule has 0 unspecified atom stereocenters. The lowest BCUT2D eigenvalue weighted by Crippen LogP contribution is -2.26. The molecule has 1 aromatic carbocycles. The van der Waals surface area contributed by atoms with E-state index in [1.165, 1.54) is 12.8 Å². The summed E-state index contributed by atoms with van der Waals surface area (Å²) in [4.78, 5) is 17.4. The van der Waals surface area contributed by atoms with Crippen LogP contribution in [0.2, 0.25) is 0 Å². The predicted octanol–water partition coefficient (Wildman–Crippen LogP) is 2.82. The maximum atomic E-state index is 12.7. The maximum absolute atomic E-state index is 12.7. The average Bonchev–Trinajstić information content (AvgIpc) is 3.36. The van der Waals surface area contributed by atoms with Gasteiger partial charge < -0.3 is 5.32 Å². The molecule has 1 aliphatic rings. The Hall–Kier alpha value is -2.69. The Morgan fingerprint density at radius 2 is 2.17 bits per heavy atom. The molecule has 0 saturated heterocycles. The third-order valence-electron chi connectivity index (χ3n) is 4.43. The molecule has 5 nitrogen and oxygen atoms in total. The van der Waals surface area contributed by atoms with Gasteiger partial charge >= 0.3 is 0 Å². The number of nitrogens with one attached hydrogen (secondary N) is 1. The van der Waals surface area contributed by atoms with Gasteiger partial charge in [-0.1, -0.05) is 18.2 Å². The number of rotatable bonds is 5. The van der Waals surface area contributed by atoms with E-state index in [0.717, 1.165) is 34.1 Å². The minimum atomic E-state index is -0.0283. The van der Waals surface area contributed by atoms with Gasteiger partial charge in [0.25, 0.3) is 5.91 Å². The lowest BCUT2D eigenvalue weighted by atomic mass is 10.1. The van der Waals surface area contributed by atoms with Crippen LogP contribution in [0.15, 0.2) is 42.7 Å². The van der Waals surface area contributed by atoms with Gasteiger partial charge in [-0.05, 0) is 37.0 Å². The molecule has 0 spiro atoms. The number of carbonyl (C=O) groups is 1. The number of pyridine rings is 1. The van der Waals surface area contributed by atoms with Crippen LogP contribution >= 0.6 is 0 Å². The summed E-state index contributed by atoms with van der Waals surface area (Å²) in [6, 6.07) is 9.84. The molecule has 1 N–H and O–H groups in total. The van der Waals surface area contributed by atoms with Gasteiger partial charge in [0.05, 0.1) is 17.3 Å². The Bertz CT molecular complexity index is 895. The minimum Gasteiger partial charge on any atom is -0.352 e. The van der Waals surface area contributed by atoms with E-state index in [1.807, 2.05) is 49.8 Å². The van der Waals surface area contributed by atoms with Crippen LogP contribution in [0.3, 0.4) is 0 Å². The van der Waals surface area contributed by atoms with Gasteiger partial charge in [-0.15, -0.1) is 0 Å². The normalized spacial score (nSPS) is 14.0. The van der Waals surface area contributed by atoms with Crippen LogP contribution in [-0.2, 0) is 13.5 Å². The number of fused-ring (bicyclic) bond motifs is 1. The number of hydrogen-bond donors (Lipinski definition) is 1. The van der Waals surface area contributed by atoms with Crippen LogP contribution in [0.5, 0.6) is 0 Å². The predicted molar refractivity (Wildman–Crippen MR) is 93.0 cm³/mol. The first-order valence-electron chi connectivity index (χ1n) is 8.36. The summed E-state index contributed by atoms with van der Waals surface area (Å²) in [5.74, 6) is 0.496. The van der Waals surface area contributed by atoms with Crippen molar-refractivity contribution in [3.63, 3.8) is 0 Å². The summed E-state index contributed by atoms with van der Waals surface area (Å²) in [7, 11) is 1.89. The SMILES string of the molecule is Cn1cc(CCNC(=O)c2cc(C3CC3)nc3ccccc23)cn1. The molecule has 0 aliphatic heterocycles. The van der Waals surface area contributed by atoms with Gasteiger partial charge in [-0.2, -0.15) is 5.10 Å². The average molecular weight is 320 g/mol. The number of carbonyl (C=O) groups excluding carboxylic acids is 1. The van der Waals surface area contributed by atoms with Crippen LogP contribution in [0.4, 0.5) is 0 Å². The van der Waals surface area contributed by atoms with E-state index in [9.17, 15) is 4.79 Å². The topological polar surface area (TPSA) is 59.8 Å². The number of aryl methyl sites for hydroxylation is 1. The third kappa shape index (κ3) is 3.02. The molecule has 4 rings (SSSR count). The van der Waals surface area contributed by atoms with E-state index >= 15 is 0 Å². The summed E-state index contributed by atoms with van der Waals surface area (Å²) in [6.07, 6.45) is 6.93. The summed E-state index contributed by atoms with van der Waals surface area (Å²) < 4.78 is 1.77. The van der Waals surface area contributed by atoms with Gasteiger partial charge in [0.2, 0.25) is 0 Å². The summed E-state index contributed by atoms with van der Waals surface area (Å²) >= 11 is 0. The monoisotopic (exact) mass is 320 g/mol. The highest BCUT2D eigenvalue weighted by Gasteiger charge is 2.26. The third-order valence-corrected chi connectivity index (χ3v) is 4.43. The number of aromatic nitrogens is 3. The van der Waals surface area contributed by atoms with Crippen LogP contribution < -0.4 is 5.32 Å². The zero-order chi connectivity index (χ0) is 16.5. The van der Waals surface area contributed by atoms with Crippen LogP contribution in [0.25, 0.3) is 10.9 Å². The molecule has 0 bridgehead atoms.